The summed E-state index contributed by atoms with van der Waals surface area (Å²) in [4.78, 5) is 11.6. The van der Waals surface area contributed by atoms with Gasteiger partial charge in [0.2, 0.25) is 0 Å². The van der Waals surface area contributed by atoms with Crippen molar-refractivity contribution in [3.05, 3.63) is 28.3 Å². The average Bonchev–Trinajstić information content (AvgIpc) is 2.41. The maximum Gasteiger partial charge on any atom is 0.333 e. The molecule has 20 heavy (non-hydrogen) atoms. The summed E-state index contributed by atoms with van der Waals surface area (Å²) < 4.78 is 15.6. The molecule has 0 radical (unpaired) electrons. The predicted molar refractivity (Wildman–Crippen MR) is 79.5 cm³/mol. The first-order valence-corrected chi connectivity index (χ1v) is 6.77. The number of benzene rings is 1. The molecule has 0 saturated heterocycles. The largest absolute Gasteiger partial charge is 0.493 e. The third kappa shape index (κ3) is 4.17. The van der Waals surface area contributed by atoms with Crippen LogP contribution in [0.4, 0.5) is 0 Å². The van der Waals surface area contributed by atoms with E-state index < -0.39 is 0 Å². The van der Waals surface area contributed by atoms with Crippen LogP contribution in [-0.2, 0) is 9.53 Å². The summed E-state index contributed by atoms with van der Waals surface area (Å²) in [5.41, 5.74) is 1.25. The van der Waals surface area contributed by atoms with Gasteiger partial charge in [0.05, 0.1) is 25.3 Å². The highest BCUT2D eigenvalue weighted by atomic mass is 35.5. The van der Waals surface area contributed by atoms with Crippen molar-refractivity contribution < 1.29 is 19.0 Å². The monoisotopic (exact) mass is 298 g/mol. The molecule has 0 bridgehead atoms. The fraction of sp³-hybridized carbons (Fsp3) is 0.400. The van der Waals surface area contributed by atoms with Crippen molar-refractivity contribution in [2.24, 2.45) is 0 Å². The molecule has 4 nitrogen and oxygen atoms in total. The zero-order chi connectivity index (χ0) is 15.1. The minimum absolute atomic E-state index is 0.345. The van der Waals surface area contributed by atoms with Crippen molar-refractivity contribution in [1.82, 2.24) is 0 Å². The number of ether oxygens (including phenoxy) is 3. The summed E-state index contributed by atoms with van der Waals surface area (Å²) in [6.07, 6.45) is 1.70. The van der Waals surface area contributed by atoms with Crippen LogP contribution in [0, 0.1) is 0 Å². The Kier molecular flexibility index (Phi) is 6.39. The van der Waals surface area contributed by atoms with E-state index in [0.29, 0.717) is 35.3 Å². The van der Waals surface area contributed by atoms with Crippen molar-refractivity contribution in [2.45, 2.75) is 20.8 Å². The molecular formula is C15H19ClO4. The van der Waals surface area contributed by atoms with E-state index in [4.69, 9.17) is 25.8 Å². The van der Waals surface area contributed by atoms with Gasteiger partial charge in [-0.25, -0.2) is 4.79 Å². The molecule has 0 aliphatic rings. The Morgan fingerprint density at radius 2 is 2.00 bits per heavy atom. The molecule has 0 N–H and O–H groups in total. The van der Waals surface area contributed by atoms with Gasteiger partial charge in [0, 0.05) is 5.57 Å². The molecule has 0 amide bonds. The maximum atomic E-state index is 11.6. The highest BCUT2D eigenvalue weighted by Gasteiger charge is 2.12. The molecular weight excluding hydrogens is 280 g/mol. The topological polar surface area (TPSA) is 44.8 Å². The molecule has 0 aliphatic carbocycles. The second kappa shape index (κ2) is 7.80. The van der Waals surface area contributed by atoms with Crippen molar-refractivity contribution in [3.8, 4) is 11.5 Å². The normalized spacial score (nSPS) is 11.2. The van der Waals surface area contributed by atoms with Crippen molar-refractivity contribution in [1.29, 1.82) is 0 Å². The van der Waals surface area contributed by atoms with Crippen molar-refractivity contribution in [3.63, 3.8) is 0 Å². The number of rotatable bonds is 6. The van der Waals surface area contributed by atoms with Gasteiger partial charge in [0.25, 0.3) is 0 Å². The van der Waals surface area contributed by atoms with Crippen LogP contribution in [0.3, 0.4) is 0 Å². The molecule has 110 valence electrons. The van der Waals surface area contributed by atoms with Gasteiger partial charge in [-0.3, -0.25) is 0 Å². The second-order valence-electron chi connectivity index (χ2n) is 4.01. The predicted octanol–water partition coefficient (Wildman–Crippen LogP) is 3.71. The molecule has 0 spiro atoms. The highest BCUT2D eigenvalue weighted by Crippen LogP contribution is 2.36. The Labute approximate surface area is 124 Å². The first kappa shape index (κ1) is 16.4. The number of hydrogen-bond acceptors (Lipinski definition) is 4. The summed E-state index contributed by atoms with van der Waals surface area (Å²) in [6, 6.07) is 3.48. The molecule has 0 heterocycles. The zero-order valence-corrected chi connectivity index (χ0v) is 12.9. The fourth-order valence-electron chi connectivity index (χ4n) is 1.66. The minimum Gasteiger partial charge on any atom is -0.493 e. The Bertz CT molecular complexity index is 509. The lowest BCUT2D eigenvalue weighted by molar-refractivity contribution is -0.138. The van der Waals surface area contributed by atoms with E-state index in [1.54, 1.807) is 39.2 Å². The van der Waals surface area contributed by atoms with Crippen LogP contribution in [0.25, 0.3) is 6.08 Å². The van der Waals surface area contributed by atoms with Gasteiger partial charge in [-0.2, -0.15) is 0 Å². The van der Waals surface area contributed by atoms with Gasteiger partial charge in [-0.1, -0.05) is 11.6 Å². The number of hydrogen-bond donors (Lipinski definition) is 0. The van der Waals surface area contributed by atoms with E-state index in [2.05, 4.69) is 0 Å². The van der Waals surface area contributed by atoms with Crippen LogP contribution in [0.2, 0.25) is 5.02 Å². The van der Waals surface area contributed by atoms with E-state index in [1.165, 1.54) is 0 Å². The number of carbonyl (C=O) groups is 1. The molecule has 0 aliphatic heterocycles. The summed E-state index contributed by atoms with van der Waals surface area (Å²) in [5.74, 6) is 0.682. The lowest BCUT2D eigenvalue weighted by atomic mass is 10.1. The maximum absolute atomic E-state index is 11.6. The lowest BCUT2D eigenvalue weighted by Gasteiger charge is -2.12. The van der Waals surface area contributed by atoms with Gasteiger partial charge in [-0.05, 0) is 44.5 Å². The van der Waals surface area contributed by atoms with Gasteiger partial charge >= 0.3 is 5.97 Å². The quantitative estimate of drug-likeness (QED) is 0.593. The summed E-state index contributed by atoms with van der Waals surface area (Å²) in [6.45, 7) is 6.16. The molecule has 0 aromatic heterocycles. The zero-order valence-electron chi connectivity index (χ0n) is 12.2. The van der Waals surface area contributed by atoms with Crippen LogP contribution < -0.4 is 9.47 Å². The third-order valence-corrected chi connectivity index (χ3v) is 2.80. The first-order chi connectivity index (χ1) is 9.53. The Hall–Kier alpha value is -1.68. The molecule has 0 saturated carbocycles. The molecule has 1 aromatic carbocycles. The first-order valence-electron chi connectivity index (χ1n) is 6.39. The molecule has 0 atom stereocenters. The Balaban J connectivity index is 3.11. The van der Waals surface area contributed by atoms with Crippen LogP contribution in [0.15, 0.2) is 17.7 Å². The Morgan fingerprint density at radius 3 is 2.55 bits per heavy atom. The molecule has 5 heteroatoms. The SMILES string of the molecule is CCOC(=O)/C(C)=C/c1cc(Cl)c(OCC)c(OC)c1. The summed E-state index contributed by atoms with van der Waals surface area (Å²) in [5, 5.41) is 0.439. The van der Waals surface area contributed by atoms with Crippen LogP contribution in [0.1, 0.15) is 26.3 Å². The van der Waals surface area contributed by atoms with E-state index in [0.717, 1.165) is 5.56 Å². The van der Waals surface area contributed by atoms with Gasteiger partial charge in [-0.15, -0.1) is 0 Å². The number of halogens is 1. The number of carbonyl (C=O) groups excluding carboxylic acids is 1. The van der Waals surface area contributed by atoms with Gasteiger partial charge in [0.15, 0.2) is 11.5 Å². The molecule has 1 aromatic rings. The van der Waals surface area contributed by atoms with Crippen LogP contribution in [-0.4, -0.2) is 26.3 Å². The summed E-state index contributed by atoms with van der Waals surface area (Å²) >= 11 is 6.17. The highest BCUT2D eigenvalue weighted by molar-refractivity contribution is 6.32. The molecule has 0 unspecified atom stereocenters. The minimum atomic E-state index is -0.350. The van der Waals surface area contributed by atoms with Crippen molar-refractivity contribution in [2.75, 3.05) is 20.3 Å². The third-order valence-electron chi connectivity index (χ3n) is 2.52. The van der Waals surface area contributed by atoms with E-state index in [-0.39, 0.29) is 5.97 Å². The summed E-state index contributed by atoms with van der Waals surface area (Å²) in [7, 11) is 1.54. The Morgan fingerprint density at radius 1 is 1.30 bits per heavy atom. The van der Waals surface area contributed by atoms with Crippen molar-refractivity contribution >= 4 is 23.6 Å². The average molecular weight is 299 g/mol. The van der Waals surface area contributed by atoms with Gasteiger partial charge < -0.3 is 14.2 Å². The lowest BCUT2D eigenvalue weighted by Crippen LogP contribution is -2.04. The van der Waals surface area contributed by atoms with E-state index >= 15 is 0 Å². The standard InChI is InChI=1S/C15H19ClO4/c1-5-19-14-12(16)8-11(9-13(14)18-4)7-10(3)15(17)20-6-2/h7-9H,5-6H2,1-4H3/b10-7+. The molecule has 0 fully saturated rings. The fourth-order valence-corrected chi connectivity index (χ4v) is 1.94. The second-order valence-corrected chi connectivity index (χ2v) is 4.42. The smallest absolute Gasteiger partial charge is 0.333 e. The molecule has 1 rings (SSSR count). The van der Waals surface area contributed by atoms with E-state index in [9.17, 15) is 4.79 Å². The van der Waals surface area contributed by atoms with Crippen LogP contribution >= 0.6 is 11.6 Å². The van der Waals surface area contributed by atoms with Gasteiger partial charge in [0.1, 0.15) is 0 Å². The van der Waals surface area contributed by atoms with E-state index in [1.807, 2.05) is 6.92 Å². The number of esters is 1. The van der Waals surface area contributed by atoms with Crippen LogP contribution in [0.5, 0.6) is 11.5 Å². The number of methoxy groups -OCH3 is 1.